The molecule has 5 aromatic rings. The van der Waals surface area contributed by atoms with Crippen LogP contribution in [0.1, 0.15) is 108 Å². The Hall–Kier alpha value is -6.14. The molecular weight excluding hydrogens is 922 g/mol. The Morgan fingerprint density at radius 1 is 0.929 bits per heavy atom. The van der Waals surface area contributed by atoms with Crippen LogP contribution < -0.4 is 20.7 Å². The van der Waals surface area contributed by atoms with Crippen molar-refractivity contribution >= 4 is 52.3 Å². The zero-order valence-corrected chi connectivity index (χ0v) is 42.8. The monoisotopic (exact) mass is 985 g/mol. The van der Waals surface area contributed by atoms with E-state index in [0.717, 1.165) is 32.8 Å². The minimum absolute atomic E-state index is 0.0451. The summed E-state index contributed by atoms with van der Waals surface area (Å²) in [7, 11) is 0. The number of aromatic nitrogens is 2. The van der Waals surface area contributed by atoms with Gasteiger partial charge in [0.2, 0.25) is 11.8 Å². The first-order valence-corrected chi connectivity index (χ1v) is 25.2. The van der Waals surface area contributed by atoms with Crippen molar-refractivity contribution in [1.29, 1.82) is 5.26 Å². The molecule has 2 fully saturated rings. The lowest BCUT2D eigenvalue weighted by Gasteiger charge is -2.63. The number of pyridine rings is 1. The Bertz CT molecular complexity index is 2710. The van der Waals surface area contributed by atoms with Crippen LogP contribution in [0.2, 0.25) is 5.02 Å². The summed E-state index contributed by atoms with van der Waals surface area (Å²) in [5, 5.41) is 29.7. The van der Waals surface area contributed by atoms with Crippen molar-refractivity contribution in [2.75, 3.05) is 18.4 Å². The second-order valence-corrected chi connectivity index (χ2v) is 22.1. The topological polar surface area (TPSA) is 187 Å². The number of nitrogens with zero attached hydrogens (tertiary/aromatic N) is 4. The van der Waals surface area contributed by atoms with Gasteiger partial charge in [-0.05, 0) is 84.7 Å². The number of nitriles is 1. The number of nitrogens with one attached hydrogen (secondary N) is 3. The van der Waals surface area contributed by atoms with E-state index in [0.29, 0.717) is 53.5 Å². The molecule has 1 aliphatic heterocycles. The smallest absolute Gasteiger partial charge is 0.251 e. The molecule has 15 heteroatoms. The molecule has 3 atom stereocenters. The van der Waals surface area contributed by atoms with Crippen molar-refractivity contribution in [2.45, 2.75) is 124 Å². The van der Waals surface area contributed by atoms with Crippen LogP contribution in [0.3, 0.4) is 0 Å². The molecule has 1 saturated carbocycles. The molecule has 70 heavy (non-hydrogen) atoms. The van der Waals surface area contributed by atoms with Gasteiger partial charge < -0.3 is 30.7 Å². The van der Waals surface area contributed by atoms with Crippen LogP contribution in [-0.4, -0.2) is 86.9 Å². The van der Waals surface area contributed by atoms with Crippen LogP contribution in [-0.2, 0) is 20.8 Å². The molecule has 7 rings (SSSR count). The minimum Gasteiger partial charge on any atom is -0.489 e. The predicted molar refractivity (Wildman–Crippen MR) is 275 cm³/mol. The Balaban J connectivity index is 0.839. The van der Waals surface area contributed by atoms with E-state index in [-0.39, 0.29) is 72.3 Å². The Kier molecular flexibility index (Phi) is 15.9. The van der Waals surface area contributed by atoms with Crippen molar-refractivity contribution in [3.05, 3.63) is 118 Å². The van der Waals surface area contributed by atoms with E-state index in [2.05, 4.69) is 59.7 Å². The summed E-state index contributed by atoms with van der Waals surface area (Å²) in [6.07, 6.45) is 3.15. The number of rotatable bonds is 18. The highest BCUT2D eigenvalue weighted by atomic mass is 35.5. The first kappa shape index (κ1) is 51.7. The van der Waals surface area contributed by atoms with Crippen molar-refractivity contribution in [2.24, 2.45) is 16.2 Å². The van der Waals surface area contributed by atoms with Crippen LogP contribution in [0.15, 0.2) is 90.6 Å². The minimum atomic E-state index is -0.873. The molecule has 2 aliphatic rings. The Morgan fingerprint density at radius 2 is 1.61 bits per heavy atom. The van der Waals surface area contributed by atoms with Gasteiger partial charge in [-0.2, -0.15) is 5.26 Å². The maximum atomic E-state index is 14.1. The molecule has 0 spiro atoms. The molecule has 0 bridgehead atoms. The fourth-order valence-electron chi connectivity index (χ4n) is 10.2. The second-order valence-electron chi connectivity index (χ2n) is 20.9. The number of hydrogen-bond acceptors (Lipinski definition) is 11. The number of aliphatic hydroxyl groups excluding tert-OH is 1. The van der Waals surface area contributed by atoms with Crippen LogP contribution in [0.4, 0.5) is 5.82 Å². The van der Waals surface area contributed by atoms with Gasteiger partial charge in [0.25, 0.3) is 5.91 Å². The predicted octanol–water partition coefficient (Wildman–Crippen LogP) is 9.59. The lowest BCUT2D eigenvalue weighted by Crippen LogP contribution is -2.74. The molecule has 0 radical (unpaired) electrons. The first-order chi connectivity index (χ1) is 33.2. The van der Waals surface area contributed by atoms with Gasteiger partial charge in [0.05, 0.1) is 38.8 Å². The van der Waals surface area contributed by atoms with Crippen molar-refractivity contribution in [1.82, 2.24) is 25.5 Å². The fraction of sp³-hybridized carbons (Fsp3) is 0.436. The first-order valence-electron chi connectivity index (χ1n) is 23.9. The van der Waals surface area contributed by atoms with Gasteiger partial charge in [0.15, 0.2) is 5.78 Å². The van der Waals surface area contributed by atoms with Crippen LogP contribution in [0, 0.1) is 34.5 Å². The molecule has 1 saturated heterocycles. The van der Waals surface area contributed by atoms with Crippen molar-refractivity contribution in [3.63, 3.8) is 0 Å². The third kappa shape index (κ3) is 11.7. The van der Waals surface area contributed by atoms with Gasteiger partial charge in [-0.15, -0.1) is 11.3 Å². The van der Waals surface area contributed by atoms with Crippen molar-refractivity contribution in [3.8, 4) is 33.4 Å². The molecule has 4 N–H and O–H groups in total. The summed E-state index contributed by atoms with van der Waals surface area (Å²) in [6, 6.07) is 24.7. The number of benzene rings is 3. The standard InChI is InChI=1S/C55H64ClN7O6S/c1-33-47(70-32-60-33)36-15-12-34(13-16-36)14-24-44(65)43-27-40(64)31-63(43)50(68)48(53(2,3)4)61-46(66)11-9-10-26-58-45-25-22-39(30-59-45)35-17-19-37(20-18-35)49(67)62-51-54(5,6)52(55(51,7)8)69-41-23-21-38(29-57)42(56)28-41/h12-13,15-23,25,28,30,32,40,43,48,51-52,64H,9-11,14,24,26-27,31H2,1-8H3,(H,58,59)(H,61,66)(H,62,67)/t40-,43+,48-,51?,52?/m1/s1. The average Bonchev–Trinajstić information content (AvgIpc) is 3.95. The molecule has 1 aliphatic carbocycles. The normalized spacial score (nSPS) is 19.6. The molecule has 0 unspecified atom stereocenters. The van der Waals surface area contributed by atoms with E-state index >= 15 is 0 Å². The van der Waals surface area contributed by atoms with Gasteiger partial charge in [-0.25, -0.2) is 9.97 Å². The number of thiazole rings is 1. The van der Waals surface area contributed by atoms with E-state index in [4.69, 9.17) is 16.3 Å². The van der Waals surface area contributed by atoms with Crippen LogP contribution in [0.25, 0.3) is 21.6 Å². The zero-order chi connectivity index (χ0) is 50.5. The molecule has 2 aromatic heterocycles. The molecule has 3 amide bonds. The summed E-state index contributed by atoms with van der Waals surface area (Å²) < 4.78 is 6.37. The van der Waals surface area contributed by atoms with Crippen LogP contribution >= 0.6 is 22.9 Å². The SMILES string of the molecule is Cc1ncsc1-c1ccc(CCC(=O)[C@@H]2C[C@@H](O)CN2C(=O)[C@@H](NC(=O)CCCCNc2ccc(-c3ccc(C(=O)NC4C(C)(C)C(Oc5ccc(C#N)c(Cl)c5)C4(C)C)cc3)cn2)C(C)(C)C)cc1. The molecular formula is C55H64ClN7O6S. The van der Waals surface area contributed by atoms with Gasteiger partial charge in [0, 0.05) is 72.6 Å². The quantitative estimate of drug-likeness (QED) is 0.0616. The Labute approximate surface area is 420 Å². The number of carbonyl (C=O) groups is 4. The van der Waals surface area contributed by atoms with E-state index < -0.39 is 23.6 Å². The molecule has 3 heterocycles. The maximum absolute atomic E-state index is 14.1. The summed E-state index contributed by atoms with van der Waals surface area (Å²) in [4.78, 5) is 65.9. The van der Waals surface area contributed by atoms with Crippen LogP contribution in [0.5, 0.6) is 5.75 Å². The summed E-state index contributed by atoms with van der Waals surface area (Å²) in [5.74, 6) is 0.382. The third-order valence-electron chi connectivity index (χ3n) is 13.8. The number of Topliss-reactive ketones (excluding diaryl/α,β-unsaturated/α-hetero) is 1. The van der Waals surface area contributed by atoms with Gasteiger partial charge in [-0.3, -0.25) is 19.2 Å². The fourth-order valence-corrected chi connectivity index (χ4v) is 11.2. The lowest BCUT2D eigenvalue weighted by molar-refractivity contribution is -0.164. The molecule has 3 aromatic carbocycles. The highest BCUT2D eigenvalue weighted by Gasteiger charge is 2.64. The molecule has 368 valence electrons. The number of hydrogen-bond donors (Lipinski definition) is 4. The third-order valence-corrected chi connectivity index (χ3v) is 15.1. The zero-order valence-electron chi connectivity index (χ0n) is 41.3. The number of ketones is 1. The number of anilines is 1. The number of aliphatic hydroxyl groups is 1. The highest BCUT2D eigenvalue weighted by molar-refractivity contribution is 7.13. The van der Waals surface area contributed by atoms with Gasteiger partial charge in [0.1, 0.15) is 29.8 Å². The number of unbranched alkanes of at least 4 members (excludes halogenated alkanes) is 1. The number of β-amino-alcohol motifs (C(OH)–C–C–N with tert-alkyl or cyclic N) is 1. The van der Waals surface area contributed by atoms with E-state index in [1.54, 1.807) is 47.9 Å². The summed E-state index contributed by atoms with van der Waals surface area (Å²) >= 11 is 7.84. The van der Waals surface area contributed by atoms with E-state index in [1.165, 1.54) is 4.90 Å². The van der Waals surface area contributed by atoms with E-state index in [1.807, 2.05) is 81.7 Å². The highest BCUT2D eigenvalue weighted by Crippen LogP contribution is 2.55. The second kappa shape index (κ2) is 21.5. The number of carbonyl (C=O) groups excluding carboxylic acids is 4. The van der Waals surface area contributed by atoms with Gasteiger partial charge in [-0.1, -0.05) is 96.5 Å². The number of amides is 3. The van der Waals surface area contributed by atoms with Crippen molar-refractivity contribution < 1.29 is 29.0 Å². The molecule has 13 nitrogen and oxygen atoms in total. The summed E-state index contributed by atoms with van der Waals surface area (Å²) in [5.41, 5.74) is 6.22. The number of aryl methyl sites for hydroxylation is 2. The summed E-state index contributed by atoms with van der Waals surface area (Å²) in [6.45, 7) is 16.5. The average molecular weight is 987 g/mol. The number of likely N-dealkylation sites (tertiary alicyclic amines) is 1. The number of ether oxygens (including phenoxy) is 1. The largest absolute Gasteiger partial charge is 0.489 e. The maximum Gasteiger partial charge on any atom is 0.251 e. The Morgan fingerprint density at radius 3 is 2.23 bits per heavy atom. The van der Waals surface area contributed by atoms with E-state index in [9.17, 15) is 29.5 Å². The number of halogens is 1. The van der Waals surface area contributed by atoms with Gasteiger partial charge >= 0.3 is 0 Å². The lowest BCUT2D eigenvalue weighted by atomic mass is 9.49.